The highest BCUT2D eigenvalue weighted by Crippen LogP contribution is 2.17. The number of rotatable bonds is 7. The van der Waals surface area contributed by atoms with Gasteiger partial charge in [-0.15, -0.1) is 0 Å². The van der Waals surface area contributed by atoms with E-state index in [0.717, 1.165) is 31.2 Å². The van der Waals surface area contributed by atoms with E-state index in [1.165, 1.54) is 10.9 Å². The number of carbonyl (C=O) groups is 1. The first-order chi connectivity index (χ1) is 9.72. The monoisotopic (exact) mass is 273 g/mol. The van der Waals surface area contributed by atoms with Crippen LogP contribution < -0.4 is 11.1 Å². The van der Waals surface area contributed by atoms with E-state index in [0.29, 0.717) is 6.54 Å². The Morgan fingerprint density at radius 1 is 1.40 bits per heavy atom. The molecule has 0 aliphatic rings. The lowest BCUT2D eigenvalue weighted by Gasteiger charge is -2.11. The van der Waals surface area contributed by atoms with Crippen molar-refractivity contribution >= 4 is 16.8 Å². The number of amides is 1. The van der Waals surface area contributed by atoms with Crippen molar-refractivity contribution in [1.29, 1.82) is 0 Å². The molecule has 2 rings (SSSR count). The number of unbranched alkanes of at least 4 members (excludes halogenated alkanes) is 1. The molecule has 1 aromatic heterocycles. The first-order valence-electron chi connectivity index (χ1n) is 7.30. The van der Waals surface area contributed by atoms with E-state index in [9.17, 15) is 4.79 Å². The Kier molecular flexibility index (Phi) is 5.18. The molecule has 0 radical (unpaired) electrons. The second-order valence-corrected chi connectivity index (χ2v) is 5.15. The highest BCUT2D eigenvalue weighted by Gasteiger charge is 2.12. The number of benzene rings is 1. The SMILES string of the molecule is CCCC[C@H](N)C(=O)NCCc1c[nH]c2ccccc12. The van der Waals surface area contributed by atoms with Gasteiger partial charge in [0.05, 0.1) is 6.04 Å². The summed E-state index contributed by atoms with van der Waals surface area (Å²) in [5, 5.41) is 4.14. The van der Waals surface area contributed by atoms with Crippen LogP contribution in [0, 0.1) is 0 Å². The third-order valence-corrected chi connectivity index (χ3v) is 3.57. The Labute approximate surface area is 119 Å². The second-order valence-electron chi connectivity index (χ2n) is 5.15. The smallest absolute Gasteiger partial charge is 0.236 e. The highest BCUT2D eigenvalue weighted by atomic mass is 16.2. The van der Waals surface area contributed by atoms with Gasteiger partial charge in [0.2, 0.25) is 5.91 Å². The molecule has 108 valence electrons. The quantitative estimate of drug-likeness (QED) is 0.724. The average molecular weight is 273 g/mol. The van der Waals surface area contributed by atoms with Gasteiger partial charge in [0.1, 0.15) is 0 Å². The molecule has 0 saturated carbocycles. The summed E-state index contributed by atoms with van der Waals surface area (Å²) >= 11 is 0. The van der Waals surface area contributed by atoms with Crippen LogP contribution >= 0.6 is 0 Å². The lowest BCUT2D eigenvalue weighted by molar-refractivity contribution is -0.122. The Bertz CT molecular complexity index is 562. The Morgan fingerprint density at radius 3 is 3.00 bits per heavy atom. The maximum atomic E-state index is 11.8. The molecule has 0 aliphatic heterocycles. The number of fused-ring (bicyclic) bond motifs is 1. The molecule has 1 heterocycles. The molecule has 1 aromatic carbocycles. The average Bonchev–Trinajstić information content (AvgIpc) is 2.88. The minimum Gasteiger partial charge on any atom is -0.361 e. The summed E-state index contributed by atoms with van der Waals surface area (Å²) in [6.45, 7) is 2.72. The second kappa shape index (κ2) is 7.10. The van der Waals surface area contributed by atoms with Gasteiger partial charge >= 0.3 is 0 Å². The van der Waals surface area contributed by atoms with Crippen LogP contribution in [-0.4, -0.2) is 23.5 Å². The van der Waals surface area contributed by atoms with Gasteiger partial charge in [-0.2, -0.15) is 0 Å². The zero-order chi connectivity index (χ0) is 14.4. The van der Waals surface area contributed by atoms with Crippen molar-refractivity contribution < 1.29 is 4.79 Å². The molecule has 0 spiro atoms. The summed E-state index contributed by atoms with van der Waals surface area (Å²) in [7, 11) is 0. The molecule has 1 amide bonds. The van der Waals surface area contributed by atoms with E-state index >= 15 is 0 Å². The van der Waals surface area contributed by atoms with Crippen LogP contribution in [0.2, 0.25) is 0 Å². The molecule has 4 heteroatoms. The fourth-order valence-electron chi connectivity index (χ4n) is 2.35. The molecule has 0 saturated heterocycles. The molecule has 0 aliphatic carbocycles. The zero-order valence-corrected chi connectivity index (χ0v) is 12.0. The largest absolute Gasteiger partial charge is 0.361 e. The summed E-state index contributed by atoms with van der Waals surface area (Å²) < 4.78 is 0. The number of hydrogen-bond donors (Lipinski definition) is 3. The first-order valence-corrected chi connectivity index (χ1v) is 7.30. The van der Waals surface area contributed by atoms with Crippen molar-refractivity contribution in [3.8, 4) is 0 Å². The third-order valence-electron chi connectivity index (χ3n) is 3.57. The van der Waals surface area contributed by atoms with Crippen molar-refractivity contribution in [2.45, 2.75) is 38.6 Å². The summed E-state index contributed by atoms with van der Waals surface area (Å²) in [6.07, 6.45) is 5.65. The maximum absolute atomic E-state index is 11.8. The predicted octanol–water partition coefficient (Wildman–Crippen LogP) is 2.34. The fourth-order valence-corrected chi connectivity index (χ4v) is 2.35. The predicted molar refractivity (Wildman–Crippen MR) is 82.5 cm³/mol. The van der Waals surface area contributed by atoms with Crippen LogP contribution in [0.15, 0.2) is 30.5 Å². The van der Waals surface area contributed by atoms with Gasteiger partial charge in [-0.25, -0.2) is 0 Å². The lowest BCUT2D eigenvalue weighted by atomic mass is 10.1. The van der Waals surface area contributed by atoms with E-state index in [2.05, 4.69) is 29.4 Å². The number of aromatic amines is 1. The van der Waals surface area contributed by atoms with Gasteiger partial charge in [0.25, 0.3) is 0 Å². The van der Waals surface area contributed by atoms with Crippen LogP contribution in [0.25, 0.3) is 10.9 Å². The van der Waals surface area contributed by atoms with Crippen LogP contribution in [-0.2, 0) is 11.2 Å². The van der Waals surface area contributed by atoms with Gasteiger partial charge < -0.3 is 16.0 Å². The molecular formula is C16H23N3O. The van der Waals surface area contributed by atoms with E-state index in [-0.39, 0.29) is 11.9 Å². The summed E-state index contributed by atoms with van der Waals surface area (Å²) in [5.74, 6) is -0.0432. The van der Waals surface area contributed by atoms with Crippen molar-refractivity contribution in [1.82, 2.24) is 10.3 Å². The molecule has 4 N–H and O–H groups in total. The van der Waals surface area contributed by atoms with Crippen LogP contribution in [0.4, 0.5) is 0 Å². The minimum absolute atomic E-state index is 0.0432. The number of H-pyrrole nitrogens is 1. The zero-order valence-electron chi connectivity index (χ0n) is 12.0. The summed E-state index contributed by atoms with van der Waals surface area (Å²) in [4.78, 5) is 15.0. The Balaban J connectivity index is 1.82. The molecule has 1 atom stereocenters. The maximum Gasteiger partial charge on any atom is 0.236 e. The van der Waals surface area contributed by atoms with E-state index in [1.54, 1.807) is 0 Å². The topological polar surface area (TPSA) is 70.9 Å². The molecule has 20 heavy (non-hydrogen) atoms. The molecule has 0 fully saturated rings. The molecule has 4 nitrogen and oxygen atoms in total. The van der Waals surface area contributed by atoms with Crippen LogP contribution in [0.5, 0.6) is 0 Å². The van der Waals surface area contributed by atoms with Crippen LogP contribution in [0.3, 0.4) is 0 Å². The first kappa shape index (κ1) is 14.6. The van der Waals surface area contributed by atoms with Crippen molar-refractivity contribution in [3.63, 3.8) is 0 Å². The Hall–Kier alpha value is -1.81. The highest BCUT2D eigenvalue weighted by molar-refractivity contribution is 5.83. The summed E-state index contributed by atoms with van der Waals surface area (Å²) in [6, 6.07) is 7.81. The van der Waals surface area contributed by atoms with Gasteiger partial charge in [0.15, 0.2) is 0 Å². The number of hydrogen-bond acceptors (Lipinski definition) is 2. The number of nitrogens with one attached hydrogen (secondary N) is 2. The molecule has 0 bridgehead atoms. The number of carbonyl (C=O) groups excluding carboxylic acids is 1. The normalized spacial score (nSPS) is 12.5. The van der Waals surface area contributed by atoms with E-state index < -0.39 is 0 Å². The van der Waals surface area contributed by atoms with E-state index in [1.807, 2.05) is 18.3 Å². The van der Waals surface area contributed by atoms with Crippen LogP contribution in [0.1, 0.15) is 31.7 Å². The fraction of sp³-hybridized carbons (Fsp3) is 0.438. The molecule has 2 aromatic rings. The molecular weight excluding hydrogens is 250 g/mol. The van der Waals surface area contributed by atoms with Gasteiger partial charge in [0, 0.05) is 23.6 Å². The number of nitrogens with two attached hydrogens (primary N) is 1. The molecule has 0 unspecified atom stereocenters. The van der Waals surface area contributed by atoms with Gasteiger partial charge in [-0.1, -0.05) is 38.0 Å². The van der Waals surface area contributed by atoms with E-state index in [4.69, 9.17) is 5.73 Å². The lowest BCUT2D eigenvalue weighted by Crippen LogP contribution is -2.41. The van der Waals surface area contributed by atoms with Gasteiger partial charge in [-0.3, -0.25) is 4.79 Å². The van der Waals surface area contributed by atoms with Crippen molar-refractivity contribution in [3.05, 3.63) is 36.0 Å². The summed E-state index contributed by atoms with van der Waals surface area (Å²) in [5.41, 5.74) is 8.19. The minimum atomic E-state index is -0.377. The standard InChI is InChI=1S/C16H23N3O/c1-2-3-7-14(17)16(20)18-10-9-12-11-19-15-8-5-4-6-13(12)15/h4-6,8,11,14,19H,2-3,7,9-10,17H2,1H3,(H,18,20)/t14-/m0/s1. The number of aromatic nitrogens is 1. The number of para-hydroxylation sites is 1. The Morgan fingerprint density at radius 2 is 2.20 bits per heavy atom. The van der Waals surface area contributed by atoms with Crippen molar-refractivity contribution in [2.75, 3.05) is 6.54 Å². The van der Waals surface area contributed by atoms with Crippen molar-refractivity contribution in [2.24, 2.45) is 5.73 Å². The third kappa shape index (κ3) is 3.61. The van der Waals surface area contributed by atoms with Gasteiger partial charge in [-0.05, 0) is 24.5 Å².